The van der Waals surface area contributed by atoms with E-state index in [1.807, 2.05) is 37.5 Å². The number of hydrogen-bond donors (Lipinski definition) is 0. The maximum Gasteiger partial charge on any atom is 0.255 e. The average Bonchev–Trinajstić information content (AvgIpc) is 2.89. The average molecular weight is 383 g/mol. The highest BCUT2D eigenvalue weighted by Crippen LogP contribution is 2.32. The van der Waals surface area contributed by atoms with Crippen LogP contribution < -0.4 is 5.56 Å². The van der Waals surface area contributed by atoms with Crippen LogP contribution in [-0.2, 0) is 19.9 Å². The van der Waals surface area contributed by atoms with Crippen molar-refractivity contribution in [3.05, 3.63) is 82.2 Å². The summed E-state index contributed by atoms with van der Waals surface area (Å²) in [5.41, 5.74) is 7.88. The second-order valence-electron chi connectivity index (χ2n) is 8.06. The van der Waals surface area contributed by atoms with Gasteiger partial charge in [-0.05, 0) is 68.0 Å². The van der Waals surface area contributed by atoms with Gasteiger partial charge < -0.3 is 4.57 Å². The molecule has 0 saturated carbocycles. The largest absolute Gasteiger partial charge is 0.347 e. The number of nitrogens with zero attached hydrogens (tertiary/aromatic N) is 3. The fourth-order valence-electron chi connectivity index (χ4n) is 4.58. The van der Waals surface area contributed by atoms with Gasteiger partial charge >= 0.3 is 0 Å². The van der Waals surface area contributed by atoms with Gasteiger partial charge in [-0.25, -0.2) is 0 Å². The van der Waals surface area contributed by atoms with E-state index in [1.54, 1.807) is 10.6 Å². The third-order valence-corrected chi connectivity index (χ3v) is 6.20. The Balaban J connectivity index is 1.58. The Labute approximate surface area is 170 Å². The molecule has 1 aliphatic carbocycles. The molecule has 4 nitrogen and oxygen atoms in total. The molecule has 0 atom stereocenters. The van der Waals surface area contributed by atoms with Gasteiger partial charge in [0, 0.05) is 47.8 Å². The minimum absolute atomic E-state index is 0.0294. The Morgan fingerprint density at radius 2 is 1.79 bits per heavy atom. The smallest absolute Gasteiger partial charge is 0.255 e. The highest BCUT2D eigenvalue weighted by atomic mass is 16.1. The number of aryl methyl sites for hydroxylation is 3. The Bertz CT molecular complexity index is 1260. The summed E-state index contributed by atoms with van der Waals surface area (Å²) in [6.07, 6.45) is 9.83. The summed E-state index contributed by atoms with van der Waals surface area (Å²) >= 11 is 0. The molecule has 0 radical (unpaired) electrons. The van der Waals surface area contributed by atoms with Crippen LogP contribution in [-0.4, -0.2) is 14.1 Å². The molecule has 0 amide bonds. The van der Waals surface area contributed by atoms with Gasteiger partial charge in [-0.15, -0.1) is 0 Å². The van der Waals surface area contributed by atoms with Gasteiger partial charge in [0.25, 0.3) is 5.56 Å². The zero-order valence-corrected chi connectivity index (χ0v) is 17.0. The maximum absolute atomic E-state index is 12.9. The van der Waals surface area contributed by atoms with Crippen LogP contribution in [0.2, 0.25) is 0 Å². The van der Waals surface area contributed by atoms with E-state index in [4.69, 9.17) is 0 Å². The molecular formula is C25H25N3O. The number of aromatic nitrogens is 3. The van der Waals surface area contributed by atoms with Gasteiger partial charge in [0.05, 0.1) is 11.2 Å². The second-order valence-corrected chi connectivity index (χ2v) is 8.06. The molecule has 0 N–H and O–H groups in total. The van der Waals surface area contributed by atoms with Crippen LogP contribution in [0.1, 0.15) is 36.2 Å². The van der Waals surface area contributed by atoms with Crippen LogP contribution in [0.25, 0.3) is 27.7 Å². The van der Waals surface area contributed by atoms with Crippen LogP contribution in [0.3, 0.4) is 0 Å². The van der Waals surface area contributed by atoms with Crippen molar-refractivity contribution < 1.29 is 0 Å². The van der Waals surface area contributed by atoms with Gasteiger partial charge in [-0.2, -0.15) is 0 Å². The molecule has 29 heavy (non-hydrogen) atoms. The van der Waals surface area contributed by atoms with Crippen LogP contribution in [0.15, 0.2) is 59.7 Å². The summed E-state index contributed by atoms with van der Waals surface area (Å²) in [7, 11) is 2.16. The molecule has 0 spiro atoms. The first-order valence-electron chi connectivity index (χ1n) is 10.4. The SMILES string of the molecule is Cc1ccc(-c2ccn(-c3ccc4c5c(n(C)c4c3)CCCCC5)c(=O)c2)cn1. The molecule has 0 fully saturated rings. The Morgan fingerprint density at radius 3 is 2.59 bits per heavy atom. The summed E-state index contributed by atoms with van der Waals surface area (Å²) in [5, 5.41) is 1.34. The van der Waals surface area contributed by atoms with Crippen molar-refractivity contribution in [1.29, 1.82) is 0 Å². The molecular weight excluding hydrogens is 358 g/mol. The molecule has 4 aromatic rings. The highest BCUT2D eigenvalue weighted by molar-refractivity contribution is 5.87. The summed E-state index contributed by atoms with van der Waals surface area (Å²) < 4.78 is 4.06. The first kappa shape index (κ1) is 17.9. The van der Waals surface area contributed by atoms with Crippen molar-refractivity contribution >= 4 is 10.9 Å². The van der Waals surface area contributed by atoms with Crippen molar-refractivity contribution in [1.82, 2.24) is 14.1 Å². The molecule has 146 valence electrons. The summed E-state index contributed by atoms with van der Waals surface area (Å²) in [6, 6.07) is 14.1. The normalized spacial score (nSPS) is 14.0. The van der Waals surface area contributed by atoms with Crippen LogP contribution in [0, 0.1) is 6.92 Å². The molecule has 1 aromatic carbocycles. The number of pyridine rings is 2. The van der Waals surface area contributed by atoms with E-state index < -0.39 is 0 Å². The Morgan fingerprint density at radius 1 is 0.931 bits per heavy atom. The van der Waals surface area contributed by atoms with E-state index in [1.165, 1.54) is 41.4 Å². The van der Waals surface area contributed by atoms with E-state index >= 15 is 0 Å². The first-order chi connectivity index (χ1) is 14.1. The minimum Gasteiger partial charge on any atom is -0.347 e. The first-order valence-corrected chi connectivity index (χ1v) is 10.4. The molecule has 0 bridgehead atoms. The lowest BCUT2D eigenvalue weighted by Gasteiger charge is -2.09. The van der Waals surface area contributed by atoms with Gasteiger partial charge in [0.2, 0.25) is 0 Å². The van der Waals surface area contributed by atoms with Gasteiger partial charge in [-0.1, -0.05) is 18.6 Å². The van der Waals surface area contributed by atoms with E-state index in [-0.39, 0.29) is 5.56 Å². The molecule has 0 saturated heterocycles. The van der Waals surface area contributed by atoms with E-state index in [9.17, 15) is 4.79 Å². The monoisotopic (exact) mass is 383 g/mol. The standard InChI is InChI=1S/C25H25N3O/c1-17-8-9-19(16-26-17)18-12-13-28(25(29)14-18)20-10-11-22-21-6-4-3-5-7-23(21)27(2)24(22)15-20/h8-16H,3-7H2,1-2H3. The summed E-state index contributed by atoms with van der Waals surface area (Å²) in [5.74, 6) is 0. The fraction of sp³-hybridized carbons (Fsp3) is 0.280. The van der Waals surface area contributed by atoms with Crippen molar-refractivity contribution in [3.63, 3.8) is 0 Å². The fourth-order valence-corrected chi connectivity index (χ4v) is 4.58. The molecule has 5 rings (SSSR count). The number of rotatable bonds is 2. The number of fused-ring (bicyclic) bond motifs is 3. The second kappa shape index (κ2) is 7.03. The van der Waals surface area contributed by atoms with Crippen molar-refractivity contribution in [2.75, 3.05) is 0 Å². The van der Waals surface area contributed by atoms with Crippen molar-refractivity contribution in [2.24, 2.45) is 7.05 Å². The topological polar surface area (TPSA) is 39.8 Å². The van der Waals surface area contributed by atoms with Crippen LogP contribution >= 0.6 is 0 Å². The number of hydrogen-bond acceptors (Lipinski definition) is 2. The Hall–Kier alpha value is -3.14. The quantitative estimate of drug-likeness (QED) is 0.459. The molecule has 4 heteroatoms. The lowest BCUT2D eigenvalue weighted by atomic mass is 10.1. The van der Waals surface area contributed by atoms with Gasteiger partial charge in [0.1, 0.15) is 0 Å². The lowest BCUT2D eigenvalue weighted by Crippen LogP contribution is -2.16. The van der Waals surface area contributed by atoms with Crippen LogP contribution in [0.4, 0.5) is 0 Å². The molecule has 3 heterocycles. The summed E-state index contributed by atoms with van der Waals surface area (Å²) in [4.78, 5) is 17.2. The maximum atomic E-state index is 12.9. The predicted octanol–water partition coefficient (Wildman–Crippen LogP) is 4.97. The van der Waals surface area contributed by atoms with E-state index in [2.05, 4.69) is 34.8 Å². The molecule has 0 aliphatic heterocycles. The van der Waals surface area contributed by atoms with E-state index in [0.717, 1.165) is 35.3 Å². The highest BCUT2D eigenvalue weighted by Gasteiger charge is 2.17. The molecule has 1 aliphatic rings. The zero-order valence-electron chi connectivity index (χ0n) is 17.0. The molecule has 0 unspecified atom stereocenters. The predicted molar refractivity (Wildman–Crippen MR) is 118 cm³/mol. The van der Waals surface area contributed by atoms with Crippen molar-refractivity contribution in [2.45, 2.75) is 39.0 Å². The Kier molecular flexibility index (Phi) is 4.35. The lowest BCUT2D eigenvalue weighted by molar-refractivity contribution is 0.698. The van der Waals surface area contributed by atoms with Crippen LogP contribution in [0.5, 0.6) is 0 Å². The zero-order chi connectivity index (χ0) is 20.0. The van der Waals surface area contributed by atoms with Gasteiger partial charge in [-0.3, -0.25) is 14.3 Å². The number of benzene rings is 1. The van der Waals surface area contributed by atoms with Gasteiger partial charge in [0.15, 0.2) is 0 Å². The van der Waals surface area contributed by atoms with Crippen molar-refractivity contribution in [3.8, 4) is 16.8 Å². The third-order valence-electron chi connectivity index (χ3n) is 6.20. The summed E-state index contributed by atoms with van der Waals surface area (Å²) in [6.45, 7) is 1.96. The minimum atomic E-state index is -0.0294. The third kappa shape index (κ3) is 3.09. The molecule has 3 aromatic heterocycles. The van der Waals surface area contributed by atoms with E-state index in [0.29, 0.717) is 0 Å².